The third-order valence-corrected chi connectivity index (χ3v) is 3.11. The molecule has 1 atom stereocenters. The Morgan fingerprint density at radius 1 is 1.20 bits per heavy atom. The minimum Gasteiger partial charge on any atom is -0.444 e. The Morgan fingerprint density at radius 2 is 1.75 bits per heavy atom. The molecular formula is C14H27N3O3. The van der Waals surface area contributed by atoms with Gasteiger partial charge in [0, 0.05) is 45.7 Å². The van der Waals surface area contributed by atoms with Crippen molar-refractivity contribution in [3.63, 3.8) is 0 Å². The molecule has 0 aromatic heterocycles. The predicted molar refractivity (Wildman–Crippen MR) is 77.5 cm³/mol. The molecule has 1 heterocycles. The quantitative estimate of drug-likeness (QED) is 0.842. The Hall–Kier alpha value is -1.30. The summed E-state index contributed by atoms with van der Waals surface area (Å²) in [5.41, 5.74) is -0.475. The van der Waals surface area contributed by atoms with Gasteiger partial charge in [0.1, 0.15) is 5.60 Å². The highest BCUT2D eigenvalue weighted by Gasteiger charge is 2.22. The van der Waals surface area contributed by atoms with Gasteiger partial charge in [0.15, 0.2) is 0 Å². The summed E-state index contributed by atoms with van der Waals surface area (Å²) < 4.78 is 5.22. The molecule has 0 aromatic rings. The fourth-order valence-corrected chi connectivity index (χ4v) is 2.19. The standard InChI is InChI=1S/C14H27N3O3/c1-11(15-13(19)20-14(3,4)5)10-16-6-8-17(9-7-16)12(2)18/h11H,6-10H2,1-5H3,(H,15,19)/t11-/m1/s1. The molecule has 1 aliphatic rings. The lowest BCUT2D eigenvalue weighted by atomic mass is 10.2. The van der Waals surface area contributed by atoms with Gasteiger partial charge in [0.25, 0.3) is 0 Å². The molecule has 1 saturated heterocycles. The number of nitrogens with zero attached hydrogens (tertiary/aromatic N) is 2. The summed E-state index contributed by atoms with van der Waals surface area (Å²) in [6.45, 7) is 13.1. The van der Waals surface area contributed by atoms with Crippen molar-refractivity contribution in [3.05, 3.63) is 0 Å². The normalized spacial score (nSPS) is 18.6. The van der Waals surface area contributed by atoms with Crippen molar-refractivity contribution < 1.29 is 14.3 Å². The largest absolute Gasteiger partial charge is 0.444 e. The first-order valence-electron chi connectivity index (χ1n) is 7.15. The van der Waals surface area contributed by atoms with Crippen LogP contribution in [0.15, 0.2) is 0 Å². The average molecular weight is 285 g/mol. The Kier molecular flexibility index (Phi) is 5.80. The van der Waals surface area contributed by atoms with Crippen LogP contribution in [-0.2, 0) is 9.53 Å². The van der Waals surface area contributed by atoms with Crippen LogP contribution in [-0.4, -0.2) is 66.2 Å². The van der Waals surface area contributed by atoms with Gasteiger partial charge in [-0.2, -0.15) is 0 Å². The van der Waals surface area contributed by atoms with Gasteiger partial charge in [0.05, 0.1) is 0 Å². The van der Waals surface area contributed by atoms with E-state index in [4.69, 9.17) is 4.74 Å². The van der Waals surface area contributed by atoms with Crippen LogP contribution in [0.5, 0.6) is 0 Å². The molecule has 6 nitrogen and oxygen atoms in total. The van der Waals surface area contributed by atoms with Crippen LogP contribution in [0.1, 0.15) is 34.6 Å². The fourth-order valence-electron chi connectivity index (χ4n) is 2.19. The molecule has 1 fully saturated rings. The molecule has 1 aliphatic heterocycles. The van der Waals surface area contributed by atoms with E-state index < -0.39 is 5.60 Å². The molecule has 0 aliphatic carbocycles. The van der Waals surface area contributed by atoms with Crippen molar-refractivity contribution in [3.8, 4) is 0 Å². The summed E-state index contributed by atoms with van der Waals surface area (Å²) in [5, 5.41) is 2.83. The van der Waals surface area contributed by atoms with E-state index in [0.29, 0.717) is 0 Å². The minimum absolute atomic E-state index is 0.0220. The molecule has 20 heavy (non-hydrogen) atoms. The van der Waals surface area contributed by atoms with Crippen molar-refractivity contribution in [1.29, 1.82) is 0 Å². The smallest absolute Gasteiger partial charge is 0.407 e. The highest BCUT2D eigenvalue weighted by molar-refractivity contribution is 5.73. The van der Waals surface area contributed by atoms with Crippen LogP contribution in [0.2, 0.25) is 0 Å². The Labute approximate surface area is 121 Å². The lowest BCUT2D eigenvalue weighted by Gasteiger charge is -2.35. The summed E-state index contributed by atoms with van der Waals surface area (Å²) in [6, 6.07) is 0.0220. The highest BCUT2D eigenvalue weighted by atomic mass is 16.6. The molecule has 0 bridgehead atoms. The number of amides is 2. The first kappa shape index (κ1) is 16.8. The summed E-state index contributed by atoms with van der Waals surface area (Å²) in [7, 11) is 0. The number of hydrogen-bond donors (Lipinski definition) is 1. The topological polar surface area (TPSA) is 61.9 Å². The highest BCUT2D eigenvalue weighted by Crippen LogP contribution is 2.07. The second kappa shape index (κ2) is 6.92. The summed E-state index contributed by atoms with van der Waals surface area (Å²) in [6.07, 6.45) is -0.382. The van der Waals surface area contributed by atoms with E-state index in [9.17, 15) is 9.59 Å². The second-order valence-electron chi connectivity index (χ2n) is 6.35. The maximum atomic E-state index is 11.6. The molecule has 6 heteroatoms. The lowest BCUT2D eigenvalue weighted by molar-refractivity contribution is -0.130. The minimum atomic E-state index is -0.475. The van der Waals surface area contributed by atoms with Gasteiger partial charge in [-0.1, -0.05) is 0 Å². The predicted octanol–water partition coefficient (Wildman–Crippen LogP) is 1.06. The number of nitrogens with one attached hydrogen (secondary N) is 1. The summed E-state index contributed by atoms with van der Waals surface area (Å²) >= 11 is 0. The molecule has 2 amide bonds. The molecule has 0 radical (unpaired) electrons. The monoisotopic (exact) mass is 285 g/mol. The first-order valence-corrected chi connectivity index (χ1v) is 7.15. The molecule has 0 unspecified atom stereocenters. The molecule has 0 saturated carbocycles. The maximum absolute atomic E-state index is 11.6. The lowest BCUT2D eigenvalue weighted by Crippen LogP contribution is -2.52. The Balaban J connectivity index is 2.28. The average Bonchev–Trinajstić information content (AvgIpc) is 2.26. The third-order valence-electron chi connectivity index (χ3n) is 3.11. The molecule has 0 spiro atoms. The molecule has 0 aromatic carbocycles. The van der Waals surface area contributed by atoms with Crippen LogP contribution in [0.3, 0.4) is 0 Å². The van der Waals surface area contributed by atoms with Gasteiger partial charge in [-0.15, -0.1) is 0 Å². The van der Waals surface area contributed by atoms with Gasteiger partial charge in [-0.3, -0.25) is 9.69 Å². The zero-order valence-corrected chi connectivity index (χ0v) is 13.2. The van der Waals surface area contributed by atoms with E-state index in [1.54, 1.807) is 6.92 Å². The van der Waals surface area contributed by atoms with E-state index in [1.807, 2.05) is 32.6 Å². The van der Waals surface area contributed by atoms with Gasteiger partial charge in [-0.05, 0) is 27.7 Å². The number of carbonyl (C=O) groups excluding carboxylic acids is 2. The van der Waals surface area contributed by atoms with Crippen molar-refractivity contribution in [2.45, 2.75) is 46.3 Å². The van der Waals surface area contributed by atoms with E-state index in [0.717, 1.165) is 32.7 Å². The molecular weight excluding hydrogens is 258 g/mol. The maximum Gasteiger partial charge on any atom is 0.407 e. The summed E-state index contributed by atoms with van der Waals surface area (Å²) in [4.78, 5) is 27.0. The van der Waals surface area contributed by atoms with Crippen LogP contribution in [0.4, 0.5) is 4.79 Å². The fraction of sp³-hybridized carbons (Fsp3) is 0.857. The number of ether oxygens (including phenoxy) is 1. The number of piperazine rings is 1. The van der Waals surface area contributed by atoms with Crippen LogP contribution in [0.25, 0.3) is 0 Å². The number of hydrogen-bond acceptors (Lipinski definition) is 4. The Bertz CT molecular complexity index is 344. The van der Waals surface area contributed by atoms with E-state index in [-0.39, 0.29) is 18.0 Å². The van der Waals surface area contributed by atoms with E-state index in [1.165, 1.54) is 0 Å². The van der Waals surface area contributed by atoms with Crippen LogP contribution < -0.4 is 5.32 Å². The summed E-state index contributed by atoms with van der Waals surface area (Å²) in [5.74, 6) is 0.129. The van der Waals surface area contributed by atoms with Crippen LogP contribution in [0, 0.1) is 0 Å². The van der Waals surface area contributed by atoms with E-state index in [2.05, 4.69) is 10.2 Å². The third kappa shape index (κ3) is 6.23. The van der Waals surface area contributed by atoms with Crippen molar-refractivity contribution in [2.24, 2.45) is 0 Å². The molecule has 116 valence electrons. The van der Waals surface area contributed by atoms with Gasteiger partial charge < -0.3 is 15.0 Å². The second-order valence-corrected chi connectivity index (χ2v) is 6.35. The van der Waals surface area contributed by atoms with Crippen LogP contribution >= 0.6 is 0 Å². The Morgan fingerprint density at radius 3 is 2.20 bits per heavy atom. The number of rotatable bonds is 3. The first-order chi connectivity index (χ1) is 9.17. The molecule has 1 rings (SSSR count). The van der Waals surface area contributed by atoms with Gasteiger partial charge >= 0.3 is 6.09 Å². The van der Waals surface area contributed by atoms with Crippen molar-refractivity contribution >= 4 is 12.0 Å². The number of carbonyl (C=O) groups is 2. The molecule has 1 N–H and O–H groups in total. The number of alkyl carbamates (subject to hydrolysis) is 1. The van der Waals surface area contributed by atoms with Gasteiger partial charge in [-0.25, -0.2) is 4.79 Å². The van der Waals surface area contributed by atoms with E-state index >= 15 is 0 Å². The van der Waals surface area contributed by atoms with Gasteiger partial charge in [0.2, 0.25) is 5.91 Å². The van der Waals surface area contributed by atoms with Crippen molar-refractivity contribution in [1.82, 2.24) is 15.1 Å². The SMILES string of the molecule is CC(=O)N1CCN(C[C@@H](C)NC(=O)OC(C)(C)C)CC1. The zero-order valence-electron chi connectivity index (χ0n) is 13.2. The zero-order chi connectivity index (χ0) is 15.3. The van der Waals surface area contributed by atoms with Crippen molar-refractivity contribution in [2.75, 3.05) is 32.7 Å².